The topological polar surface area (TPSA) is 36.9 Å². The summed E-state index contributed by atoms with van der Waals surface area (Å²) < 4.78 is 22.2. The molecule has 2 aliphatic rings. The van der Waals surface area contributed by atoms with Crippen LogP contribution in [-0.4, -0.2) is 50.8 Å². The molecule has 0 bridgehead atoms. The van der Waals surface area contributed by atoms with Crippen LogP contribution >= 0.6 is 0 Å². The largest absolute Gasteiger partial charge is 0.376 e. The van der Waals surface area contributed by atoms with Crippen molar-refractivity contribution in [2.45, 2.75) is 44.4 Å². The molecule has 14 heavy (non-hydrogen) atoms. The first-order valence-corrected chi connectivity index (χ1v) is 5.14. The summed E-state index contributed by atoms with van der Waals surface area (Å²) in [6.07, 6.45) is 0.472. The first kappa shape index (κ1) is 10.4. The molecule has 2 aliphatic heterocycles. The molecule has 4 heteroatoms. The van der Waals surface area contributed by atoms with Gasteiger partial charge in [0.15, 0.2) is 0 Å². The Morgan fingerprint density at radius 2 is 1.64 bits per heavy atom. The van der Waals surface area contributed by atoms with Gasteiger partial charge in [-0.2, -0.15) is 0 Å². The third kappa shape index (κ3) is 1.80. The van der Waals surface area contributed by atoms with Crippen LogP contribution in [0.5, 0.6) is 0 Å². The van der Waals surface area contributed by atoms with Crippen LogP contribution in [0.2, 0.25) is 0 Å². The predicted octanol–water partition coefficient (Wildman–Crippen LogP) is 0.593. The minimum atomic E-state index is 0.0577. The maximum atomic E-state index is 5.71. The van der Waals surface area contributed by atoms with Gasteiger partial charge in [0, 0.05) is 7.11 Å². The van der Waals surface area contributed by atoms with Gasteiger partial charge in [0.1, 0.15) is 24.4 Å². The van der Waals surface area contributed by atoms with Gasteiger partial charge in [-0.25, -0.2) is 0 Å². The van der Waals surface area contributed by atoms with Crippen LogP contribution in [0.15, 0.2) is 0 Å². The highest BCUT2D eigenvalue weighted by Crippen LogP contribution is 2.30. The Labute approximate surface area is 84.5 Å². The van der Waals surface area contributed by atoms with Crippen molar-refractivity contribution in [2.24, 2.45) is 0 Å². The van der Waals surface area contributed by atoms with E-state index in [0.717, 1.165) is 0 Å². The van der Waals surface area contributed by atoms with Crippen LogP contribution < -0.4 is 0 Å². The lowest BCUT2D eigenvalue weighted by Gasteiger charge is -2.18. The van der Waals surface area contributed by atoms with Gasteiger partial charge >= 0.3 is 0 Å². The van der Waals surface area contributed by atoms with Crippen molar-refractivity contribution in [3.8, 4) is 0 Å². The number of ether oxygens (including phenoxy) is 4. The lowest BCUT2D eigenvalue weighted by molar-refractivity contribution is -0.0629. The molecule has 0 radical (unpaired) electrons. The average Bonchev–Trinajstić information content (AvgIpc) is 2.67. The minimum absolute atomic E-state index is 0.0577. The number of rotatable bonds is 3. The Morgan fingerprint density at radius 3 is 2.21 bits per heavy atom. The lowest BCUT2D eigenvalue weighted by atomic mass is 10.1. The quantitative estimate of drug-likeness (QED) is 0.671. The van der Waals surface area contributed by atoms with Gasteiger partial charge < -0.3 is 18.9 Å². The van der Waals surface area contributed by atoms with Crippen molar-refractivity contribution in [1.82, 2.24) is 0 Å². The van der Waals surface area contributed by atoms with Crippen molar-refractivity contribution >= 4 is 0 Å². The van der Waals surface area contributed by atoms with E-state index in [1.165, 1.54) is 0 Å². The second kappa shape index (κ2) is 4.14. The maximum absolute atomic E-state index is 5.71. The average molecular weight is 202 g/mol. The Balaban J connectivity index is 1.94. The Morgan fingerprint density at radius 1 is 1.07 bits per heavy atom. The zero-order valence-electron chi connectivity index (χ0n) is 8.93. The first-order valence-electron chi connectivity index (χ1n) is 5.14. The highest BCUT2D eigenvalue weighted by Gasteiger charge is 2.48. The van der Waals surface area contributed by atoms with Crippen molar-refractivity contribution in [1.29, 1.82) is 0 Å². The Kier molecular flexibility index (Phi) is 3.07. The summed E-state index contributed by atoms with van der Waals surface area (Å²) >= 11 is 0. The Bertz CT molecular complexity index is 195. The smallest absolute Gasteiger partial charge is 0.115 e. The summed E-state index contributed by atoms with van der Waals surface area (Å²) in [6.45, 7) is 5.28. The van der Waals surface area contributed by atoms with Gasteiger partial charge in [0.2, 0.25) is 0 Å². The van der Waals surface area contributed by atoms with Gasteiger partial charge in [-0.15, -0.1) is 0 Å². The molecule has 0 spiro atoms. The fourth-order valence-corrected chi connectivity index (χ4v) is 2.10. The molecule has 2 rings (SSSR count). The van der Waals surface area contributed by atoms with E-state index in [1.54, 1.807) is 7.11 Å². The molecular weight excluding hydrogens is 184 g/mol. The van der Waals surface area contributed by atoms with Crippen LogP contribution in [-0.2, 0) is 18.9 Å². The zero-order chi connectivity index (χ0) is 10.1. The fraction of sp³-hybridized carbons (Fsp3) is 1.00. The Hall–Kier alpha value is -0.160. The molecule has 2 fully saturated rings. The van der Waals surface area contributed by atoms with E-state index in [-0.39, 0.29) is 30.5 Å². The van der Waals surface area contributed by atoms with Crippen molar-refractivity contribution < 1.29 is 18.9 Å². The molecule has 82 valence electrons. The molecule has 2 heterocycles. The van der Waals surface area contributed by atoms with E-state index < -0.39 is 0 Å². The number of methoxy groups -OCH3 is 1. The van der Waals surface area contributed by atoms with E-state index >= 15 is 0 Å². The van der Waals surface area contributed by atoms with E-state index in [4.69, 9.17) is 18.9 Å². The molecule has 0 aromatic carbocycles. The summed E-state index contributed by atoms with van der Waals surface area (Å²) in [5.74, 6) is 0. The molecule has 0 unspecified atom stereocenters. The number of hydrogen-bond donors (Lipinski definition) is 0. The van der Waals surface area contributed by atoms with Crippen LogP contribution in [0.3, 0.4) is 0 Å². The van der Waals surface area contributed by atoms with E-state index in [2.05, 4.69) is 0 Å². The van der Waals surface area contributed by atoms with E-state index in [1.807, 2.05) is 13.8 Å². The first-order chi connectivity index (χ1) is 6.72. The molecule has 0 aromatic rings. The van der Waals surface area contributed by atoms with Gasteiger partial charge in [-0.05, 0) is 13.8 Å². The van der Waals surface area contributed by atoms with Gasteiger partial charge in [-0.1, -0.05) is 0 Å². The summed E-state index contributed by atoms with van der Waals surface area (Å²) in [5, 5.41) is 0. The van der Waals surface area contributed by atoms with Crippen LogP contribution in [0.4, 0.5) is 0 Å². The summed E-state index contributed by atoms with van der Waals surface area (Å²) in [4.78, 5) is 0. The van der Waals surface area contributed by atoms with Crippen LogP contribution in [0, 0.1) is 0 Å². The minimum Gasteiger partial charge on any atom is -0.376 e. The summed E-state index contributed by atoms with van der Waals surface area (Å²) in [7, 11) is 1.69. The van der Waals surface area contributed by atoms with Crippen molar-refractivity contribution in [3.63, 3.8) is 0 Å². The molecule has 0 amide bonds. The lowest BCUT2D eigenvalue weighted by Crippen LogP contribution is -2.34. The summed E-state index contributed by atoms with van der Waals surface area (Å²) in [5.41, 5.74) is 0. The van der Waals surface area contributed by atoms with Gasteiger partial charge in [0.25, 0.3) is 0 Å². The highest BCUT2D eigenvalue weighted by molar-refractivity contribution is 4.95. The summed E-state index contributed by atoms with van der Waals surface area (Å²) in [6, 6.07) is 0. The van der Waals surface area contributed by atoms with Gasteiger partial charge in [0.05, 0.1) is 19.3 Å². The fourth-order valence-electron chi connectivity index (χ4n) is 2.10. The molecule has 4 atom stereocenters. The third-order valence-electron chi connectivity index (χ3n) is 2.71. The molecule has 0 aromatic heterocycles. The predicted molar refractivity (Wildman–Crippen MR) is 50.3 cm³/mol. The van der Waals surface area contributed by atoms with Crippen LogP contribution in [0.25, 0.3) is 0 Å². The third-order valence-corrected chi connectivity index (χ3v) is 2.71. The number of fused-ring (bicyclic) bond motifs is 1. The molecular formula is C10H18O4. The normalized spacial score (nSPS) is 42.0. The molecule has 0 saturated carbocycles. The van der Waals surface area contributed by atoms with Crippen molar-refractivity contribution in [2.75, 3.05) is 20.3 Å². The number of hydrogen-bond acceptors (Lipinski definition) is 4. The second-order valence-electron chi connectivity index (χ2n) is 4.09. The molecule has 4 nitrogen and oxygen atoms in total. The van der Waals surface area contributed by atoms with Crippen LogP contribution in [0.1, 0.15) is 13.8 Å². The highest BCUT2D eigenvalue weighted by atomic mass is 16.6. The van der Waals surface area contributed by atoms with Crippen molar-refractivity contribution in [3.05, 3.63) is 0 Å². The van der Waals surface area contributed by atoms with E-state index in [0.29, 0.717) is 13.2 Å². The monoisotopic (exact) mass is 202 g/mol. The maximum Gasteiger partial charge on any atom is 0.115 e. The van der Waals surface area contributed by atoms with E-state index in [9.17, 15) is 0 Å². The molecule has 0 N–H and O–H groups in total. The zero-order valence-corrected chi connectivity index (χ0v) is 8.93. The molecule has 0 aliphatic carbocycles. The standard InChI is InChI=1S/C10H18O4/c1-6(2)14-8-5-13-9-7(11-3)4-12-10(8)9/h6-10H,4-5H2,1-3H3/t7-,8-,9+,10+/m0/s1. The SMILES string of the molecule is CO[C@H]1CO[C@H]2[C@@H]1OC[C@@H]2OC(C)C. The molecule has 2 saturated heterocycles. The second-order valence-corrected chi connectivity index (χ2v) is 4.09. The van der Waals surface area contributed by atoms with Gasteiger partial charge in [-0.3, -0.25) is 0 Å².